The summed E-state index contributed by atoms with van der Waals surface area (Å²) in [6.07, 6.45) is 1.68. The largest absolute Gasteiger partial charge is 0.398 e. The molecule has 4 N–H and O–H groups in total. The molecular formula is C19H16FN3OS. The zero-order valence-corrected chi connectivity index (χ0v) is 14.1. The van der Waals surface area contributed by atoms with Crippen molar-refractivity contribution in [3.63, 3.8) is 0 Å². The Bertz CT molecular complexity index is 974. The molecule has 3 aromatic rings. The van der Waals surface area contributed by atoms with Gasteiger partial charge in [-0.2, -0.15) is 0 Å². The van der Waals surface area contributed by atoms with Gasteiger partial charge < -0.3 is 11.1 Å². The summed E-state index contributed by atoms with van der Waals surface area (Å²) in [4.78, 5) is 12.7. The number of hydrogen-bond acceptors (Lipinski definition) is 4. The van der Waals surface area contributed by atoms with E-state index in [1.807, 2.05) is 30.3 Å². The molecule has 1 aromatic heterocycles. The number of fused-ring (bicyclic) bond motifs is 1. The quantitative estimate of drug-likeness (QED) is 0.480. The molecule has 0 spiro atoms. The van der Waals surface area contributed by atoms with Crippen molar-refractivity contribution >= 4 is 44.4 Å². The van der Waals surface area contributed by atoms with Crippen LogP contribution < -0.4 is 11.1 Å². The molecule has 2 aromatic carbocycles. The molecule has 0 radical (unpaired) electrons. The molecule has 0 bridgehead atoms. The van der Waals surface area contributed by atoms with E-state index in [0.29, 0.717) is 5.56 Å². The van der Waals surface area contributed by atoms with Crippen molar-refractivity contribution in [1.82, 2.24) is 0 Å². The number of thiophene rings is 1. The summed E-state index contributed by atoms with van der Waals surface area (Å²) in [5.74, 6) is -0.787. The molecule has 1 aliphatic rings. The van der Waals surface area contributed by atoms with E-state index in [-0.39, 0.29) is 28.9 Å². The average molecular weight is 353 g/mol. The Balaban J connectivity index is 1.70. The SMILES string of the molecule is N=C(c1cc2ccccc2s1)c1cc(NC(=O)C2CC2)c(F)cc1N. The van der Waals surface area contributed by atoms with E-state index in [4.69, 9.17) is 11.1 Å². The van der Waals surface area contributed by atoms with Crippen molar-refractivity contribution in [2.45, 2.75) is 12.8 Å². The maximum absolute atomic E-state index is 14.1. The lowest BCUT2D eigenvalue weighted by molar-refractivity contribution is -0.117. The lowest BCUT2D eigenvalue weighted by Gasteiger charge is -2.11. The zero-order valence-electron chi connectivity index (χ0n) is 13.3. The van der Waals surface area contributed by atoms with Crippen molar-refractivity contribution in [3.8, 4) is 0 Å². The third-order valence-electron chi connectivity index (χ3n) is 4.29. The average Bonchev–Trinajstić information content (AvgIpc) is 3.35. The Hall–Kier alpha value is -2.73. The molecule has 4 rings (SSSR count). The van der Waals surface area contributed by atoms with Gasteiger partial charge in [-0.25, -0.2) is 4.39 Å². The monoisotopic (exact) mass is 353 g/mol. The number of nitrogen functional groups attached to an aromatic ring is 1. The van der Waals surface area contributed by atoms with Gasteiger partial charge in [-0.05, 0) is 42.5 Å². The summed E-state index contributed by atoms with van der Waals surface area (Å²) in [5.41, 5.74) is 6.84. The van der Waals surface area contributed by atoms with Crippen molar-refractivity contribution in [3.05, 3.63) is 58.7 Å². The molecule has 1 fully saturated rings. The van der Waals surface area contributed by atoms with Crippen LogP contribution in [-0.2, 0) is 4.79 Å². The fourth-order valence-electron chi connectivity index (χ4n) is 2.72. The smallest absolute Gasteiger partial charge is 0.227 e. The Morgan fingerprint density at radius 1 is 1.24 bits per heavy atom. The topological polar surface area (TPSA) is 79.0 Å². The highest BCUT2D eigenvalue weighted by Crippen LogP contribution is 2.33. The van der Waals surface area contributed by atoms with Crippen molar-refractivity contribution < 1.29 is 9.18 Å². The lowest BCUT2D eigenvalue weighted by Crippen LogP contribution is -2.15. The van der Waals surface area contributed by atoms with Crippen LogP contribution in [0.25, 0.3) is 10.1 Å². The summed E-state index contributed by atoms with van der Waals surface area (Å²) in [7, 11) is 0. The molecule has 1 amide bonds. The first kappa shape index (κ1) is 15.8. The number of benzene rings is 2. The van der Waals surface area contributed by atoms with Gasteiger partial charge >= 0.3 is 0 Å². The highest BCUT2D eigenvalue weighted by atomic mass is 32.1. The molecule has 25 heavy (non-hydrogen) atoms. The lowest BCUT2D eigenvalue weighted by atomic mass is 10.0. The number of nitrogens with one attached hydrogen (secondary N) is 2. The van der Waals surface area contributed by atoms with Crippen LogP contribution in [0.2, 0.25) is 0 Å². The van der Waals surface area contributed by atoms with Gasteiger partial charge in [0.1, 0.15) is 5.82 Å². The minimum Gasteiger partial charge on any atom is -0.398 e. The van der Waals surface area contributed by atoms with E-state index in [9.17, 15) is 9.18 Å². The number of rotatable bonds is 4. The summed E-state index contributed by atoms with van der Waals surface area (Å²) < 4.78 is 15.2. The number of nitrogens with two attached hydrogens (primary N) is 1. The molecular weight excluding hydrogens is 337 g/mol. The highest BCUT2D eigenvalue weighted by Gasteiger charge is 2.30. The second-order valence-corrected chi connectivity index (χ2v) is 7.29. The maximum Gasteiger partial charge on any atom is 0.227 e. The number of hydrogen-bond donors (Lipinski definition) is 3. The number of carbonyl (C=O) groups excluding carboxylic acids is 1. The number of halogens is 1. The van der Waals surface area contributed by atoms with Crippen LogP contribution in [0.5, 0.6) is 0 Å². The van der Waals surface area contributed by atoms with E-state index in [1.165, 1.54) is 23.5 Å². The second kappa shape index (κ2) is 5.97. The zero-order chi connectivity index (χ0) is 17.6. The van der Waals surface area contributed by atoms with Gasteiger partial charge in [0.25, 0.3) is 0 Å². The normalized spacial score (nSPS) is 13.8. The third kappa shape index (κ3) is 3.00. The Kier molecular flexibility index (Phi) is 3.77. The standard InChI is InChI=1S/C19H16FN3OS/c20-13-9-14(21)12(8-15(13)23-19(24)10-5-6-10)18(22)17-7-11-3-1-2-4-16(11)25-17/h1-4,7-10,22H,5-6,21H2,(H,23,24). The predicted molar refractivity (Wildman–Crippen MR) is 99.9 cm³/mol. The van der Waals surface area contributed by atoms with Crippen LogP contribution >= 0.6 is 11.3 Å². The first-order valence-corrected chi connectivity index (χ1v) is 8.82. The first-order chi connectivity index (χ1) is 12.0. The summed E-state index contributed by atoms with van der Waals surface area (Å²) in [6.45, 7) is 0. The van der Waals surface area contributed by atoms with Crippen LogP contribution in [-0.4, -0.2) is 11.6 Å². The number of carbonyl (C=O) groups is 1. The van der Waals surface area contributed by atoms with Gasteiger partial charge in [0, 0.05) is 21.9 Å². The van der Waals surface area contributed by atoms with Gasteiger partial charge in [0.2, 0.25) is 5.91 Å². The minimum atomic E-state index is -0.584. The number of anilines is 2. The molecule has 126 valence electrons. The van der Waals surface area contributed by atoms with E-state index in [2.05, 4.69) is 5.32 Å². The molecule has 0 unspecified atom stereocenters. The third-order valence-corrected chi connectivity index (χ3v) is 5.42. The molecule has 6 heteroatoms. The summed E-state index contributed by atoms with van der Waals surface area (Å²) in [6, 6.07) is 12.4. The Labute approximate surface area is 148 Å². The molecule has 1 heterocycles. The first-order valence-electron chi connectivity index (χ1n) is 8.00. The van der Waals surface area contributed by atoms with Crippen molar-refractivity contribution in [2.75, 3.05) is 11.1 Å². The fourth-order valence-corrected chi connectivity index (χ4v) is 3.75. The minimum absolute atomic E-state index is 0.0255. The van der Waals surface area contributed by atoms with Crippen molar-refractivity contribution in [1.29, 1.82) is 5.41 Å². The van der Waals surface area contributed by atoms with Gasteiger partial charge in [-0.15, -0.1) is 11.3 Å². The summed E-state index contributed by atoms with van der Waals surface area (Å²) in [5, 5.41) is 12.1. The van der Waals surface area contributed by atoms with Crippen LogP contribution in [0.4, 0.5) is 15.8 Å². The highest BCUT2D eigenvalue weighted by molar-refractivity contribution is 7.21. The maximum atomic E-state index is 14.1. The Morgan fingerprint density at radius 3 is 2.72 bits per heavy atom. The van der Waals surface area contributed by atoms with Crippen LogP contribution in [0.15, 0.2) is 42.5 Å². The predicted octanol–water partition coefficient (Wildman–Crippen LogP) is 4.39. The molecule has 0 aliphatic heterocycles. The van der Waals surface area contributed by atoms with Gasteiger partial charge in [-0.1, -0.05) is 18.2 Å². The molecule has 1 aliphatic carbocycles. The number of amides is 1. The van der Waals surface area contributed by atoms with E-state index < -0.39 is 5.82 Å². The van der Waals surface area contributed by atoms with Crippen LogP contribution in [0.3, 0.4) is 0 Å². The Morgan fingerprint density at radius 2 is 2.00 bits per heavy atom. The summed E-state index contributed by atoms with van der Waals surface area (Å²) >= 11 is 1.49. The molecule has 0 atom stereocenters. The van der Waals surface area contributed by atoms with Gasteiger partial charge in [0.15, 0.2) is 0 Å². The molecule has 4 nitrogen and oxygen atoms in total. The van der Waals surface area contributed by atoms with Gasteiger partial charge in [-0.3, -0.25) is 10.2 Å². The van der Waals surface area contributed by atoms with E-state index >= 15 is 0 Å². The van der Waals surface area contributed by atoms with Crippen molar-refractivity contribution in [2.24, 2.45) is 5.92 Å². The van der Waals surface area contributed by atoms with Crippen LogP contribution in [0.1, 0.15) is 23.3 Å². The van der Waals surface area contributed by atoms with Crippen LogP contribution in [0, 0.1) is 17.1 Å². The molecule has 1 saturated carbocycles. The van der Waals surface area contributed by atoms with Gasteiger partial charge in [0.05, 0.1) is 16.3 Å². The fraction of sp³-hybridized carbons (Fsp3) is 0.158. The van der Waals surface area contributed by atoms with E-state index in [0.717, 1.165) is 27.8 Å². The van der Waals surface area contributed by atoms with E-state index in [1.54, 1.807) is 0 Å². The second-order valence-electron chi connectivity index (χ2n) is 6.21. The molecule has 0 saturated heterocycles.